The maximum atomic E-state index is 10.1. The van der Waals surface area contributed by atoms with Gasteiger partial charge in [0.25, 0.3) is 0 Å². The molecule has 2 rings (SSSR count). The molecule has 6 heteroatoms. The van der Waals surface area contributed by atoms with E-state index in [1.807, 2.05) is 24.3 Å². The van der Waals surface area contributed by atoms with Gasteiger partial charge in [-0.1, -0.05) is 15.9 Å². The Hall–Kier alpha value is -0.330. The maximum Gasteiger partial charge on any atom is 0.119 e. The third kappa shape index (κ3) is 5.75. The lowest BCUT2D eigenvalue weighted by Gasteiger charge is -2.42. The van der Waals surface area contributed by atoms with Crippen LogP contribution < -0.4 is 4.74 Å². The minimum Gasteiger partial charge on any atom is -0.491 e. The Balaban J connectivity index is 0.00000220. The van der Waals surface area contributed by atoms with Gasteiger partial charge >= 0.3 is 0 Å². The lowest BCUT2D eigenvalue weighted by Crippen LogP contribution is -2.55. The Kier molecular flexibility index (Phi) is 7.44. The molecule has 0 bridgehead atoms. The van der Waals surface area contributed by atoms with Crippen molar-refractivity contribution in [2.45, 2.75) is 25.5 Å². The molecule has 21 heavy (non-hydrogen) atoms. The molecule has 1 atom stereocenters. The van der Waals surface area contributed by atoms with Crippen LogP contribution in [0.4, 0.5) is 0 Å². The van der Waals surface area contributed by atoms with Gasteiger partial charge in [0, 0.05) is 23.1 Å². The highest BCUT2D eigenvalue weighted by Gasteiger charge is 2.31. The molecule has 0 aromatic heterocycles. The summed E-state index contributed by atoms with van der Waals surface area (Å²) in [5, 5.41) is 10.1. The van der Waals surface area contributed by atoms with Gasteiger partial charge in [0.15, 0.2) is 0 Å². The zero-order valence-corrected chi connectivity index (χ0v) is 14.8. The summed E-state index contributed by atoms with van der Waals surface area (Å²) < 4.78 is 12.1. The van der Waals surface area contributed by atoms with Crippen LogP contribution in [-0.2, 0) is 4.74 Å². The van der Waals surface area contributed by atoms with Crippen molar-refractivity contribution in [2.75, 3.05) is 32.9 Å². The van der Waals surface area contributed by atoms with Crippen LogP contribution in [0.3, 0.4) is 0 Å². The number of β-amino-alcohol motifs (C(OH)–C–C–N with tert-alkyl or cyclic N) is 1. The minimum atomic E-state index is -0.504. The molecule has 0 radical (unpaired) electrons. The first-order chi connectivity index (χ1) is 9.47. The molecular weight excluding hydrogens is 358 g/mol. The van der Waals surface area contributed by atoms with Gasteiger partial charge in [0.05, 0.1) is 13.2 Å². The quantitative estimate of drug-likeness (QED) is 0.853. The van der Waals surface area contributed by atoms with Crippen LogP contribution in [0.1, 0.15) is 13.8 Å². The Morgan fingerprint density at radius 3 is 2.67 bits per heavy atom. The van der Waals surface area contributed by atoms with E-state index in [4.69, 9.17) is 9.47 Å². The number of benzene rings is 1. The van der Waals surface area contributed by atoms with E-state index in [0.717, 1.165) is 23.4 Å². The molecule has 0 saturated carbocycles. The first kappa shape index (κ1) is 18.7. The van der Waals surface area contributed by atoms with Crippen LogP contribution in [0, 0.1) is 0 Å². The second-order valence-corrected chi connectivity index (χ2v) is 6.65. The summed E-state index contributed by atoms with van der Waals surface area (Å²) in [6.45, 7) is 7.45. The summed E-state index contributed by atoms with van der Waals surface area (Å²) in [4.78, 5) is 2.26. The molecule has 1 unspecified atom stereocenters. The highest BCUT2D eigenvalue weighted by molar-refractivity contribution is 9.10. The van der Waals surface area contributed by atoms with E-state index in [1.165, 1.54) is 0 Å². The number of nitrogens with zero attached hydrogens (tertiary/aromatic N) is 1. The molecule has 1 heterocycles. The number of ether oxygens (including phenoxy) is 2. The average Bonchev–Trinajstić information content (AvgIpc) is 2.40. The van der Waals surface area contributed by atoms with Gasteiger partial charge in [-0.25, -0.2) is 0 Å². The zero-order chi connectivity index (χ0) is 14.6. The molecule has 0 aliphatic carbocycles. The molecule has 120 valence electrons. The molecule has 1 N–H and O–H groups in total. The standard InChI is InChI=1S/C15H22BrNO3.ClH/c1-15(2)11-19-8-7-17(15)9-13(18)10-20-14-5-3-12(16)4-6-14;/h3-6,13,18H,7-11H2,1-2H3;1H. The van der Waals surface area contributed by atoms with Crippen molar-refractivity contribution in [1.82, 2.24) is 4.90 Å². The summed E-state index contributed by atoms with van der Waals surface area (Å²) in [6.07, 6.45) is -0.504. The number of aliphatic hydroxyl groups is 1. The summed E-state index contributed by atoms with van der Waals surface area (Å²) in [5.41, 5.74) is -0.0309. The second kappa shape index (κ2) is 8.34. The summed E-state index contributed by atoms with van der Waals surface area (Å²) in [5.74, 6) is 0.772. The third-order valence-corrected chi connectivity index (χ3v) is 4.03. The van der Waals surface area contributed by atoms with Gasteiger partial charge in [-0.05, 0) is 38.1 Å². The Morgan fingerprint density at radius 2 is 2.05 bits per heavy atom. The minimum absolute atomic E-state index is 0. The number of hydrogen-bond acceptors (Lipinski definition) is 4. The van der Waals surface area contributed by atoms with E-state index in [2.05, 4.69) is 34.7 Å². The lowest BCUT2D eigenvalue weighted by atomic mass is 10.0. The van der Waals surface area contributed by atoms with Crippen molar-refractivity contribution in [1.29, 1.82) is 0 Å². The van der Waals surface area contributed by atoms with Crippen molar-refractivity contribution >= 4 is 28.3 Å². The number of morpholine rings is 1. The van der Waals surface area contributed by atoms with Gasteiger partial charge in [0.1, 0.15) is 18.5 Å². The normalized spacial score (nSPS) is 19.6. The predicted octanol–water partition coefficient (Wildman–Crippen LogP) is 2.72. The second-order valence-electron chi connectivity index (χ2n) is 5.73. The SMILES string of the molecule is CC1(C)COCCN1CC(O)COc1ccc(Br)cc1.Cl. The molecule has 0 spiro atoms. The van der Waals surface area contributed by atoms with Gasteiger partial charge in [-0.3, -0.25) is 4.90 Å². The van der Waals surface area contributed by atoms with Crippen LogP contribution in [0.25, 0.3) is 0 Å². The van der Waals surface area contributed by atoms with Crippen molar-refractivity contribution in [3.05, 3.63) is 28.7 Å². The molecule has 1 aliphatic heterocycles. The van der Waals surface area contributed by atoms with E-state index < -0.39 is 6.10 Å². The molecule has 1 aliphatic rings. The molecule has 1 aromatic carbocycles. The lowest BCUT2D eigenvalue weighted by molar-refractivity contribution is -0.0703. The largest absolute Gasteiger partial charge is 0.491 e. The van der Waals surface area contributed by atoms with Crippen LogP contribution in [0.5, 0.6) is 5.75 Å². The summed E-state index contributed by atoms with van der Waals surface area (Å²) in [7, 11) is 0. The molecule has 4 nitrogen and oxygen atoms in total. The van der Waals surface area contributed by atoms with Crippen molar-refractivity contribution in [2.24, 2.45) is 0 Å². The zero-order valence-electron chi connectivity index (χ0n) is 12.4. The van der Waals surface area contributed by atoms with Gasteiger partial charge in [0.2, 0.25) is 0 Å². The van der Waals surface area contributed by atoms with E-state index in [-0.39, 0.29) is 17.9 Å². The highest BCUT2D eigenvalue weighted by atomic mass is 79.9. The van der Waals surface area contributed by atoms with E-state index >= 15 is 0 Å². The third-order valence-electron chi connectivity index (χ3n) is 3.50. The Bertz CT molecular complexity index is 427. The van der Waals surface area contributed by atoms with Crippen molar-refractivity contribution in [3.8, 4) is 5.75 Å². The fraction of sp³-hybridized carbons (Fsp3) is 0.600. The van der Waals surface area contributed by atoms with Gasteiger partial charge < -0.3 is 14.6 Å². The molecular formula is C15H23BrClNO3. The topological polar surface area (TPSA) is 41.9 Å². The predicted molar refractivity (Wildman–Crippen MR) is 89.4 cm³/mol. The monoisotopic (exact) mass is 379 g/mol. The van der Waals surface area contributed by atoms with Crippen molar-refractivity contribution < 1.29 is 14.6 Å². The van der Waals surface area contributed by atoms with Crippen LogP contribution in [-0.4, -0.2) is 54.6 Å². The van der Waals surface area contributed by atoms with Gasteiger partial charge in [-0.15, -0.1) is 12.4 Å². The average molecular weight is 381 g/mol. The summed E-state index contributed by atoms with van der Waals surface area (Å²) >= 11 is 3.38. The maximum absolute atomic E-state index is 10.1. The number of aliphatic hydroxyl groups excluding tert-OH is 1. The van der Waals surface area contributed by atoms with E-state index in [1.54, 1.807) is 0 Å². The van der Waals surface area contributed by atoms with Crippen LogP contribution in [0.2, 0.25) is 0 Å². The molecule has 0 amide bonds. The van der Waals surface area contributed by atoms with Gasteiger partial charge in [-0.2, -0.15) is 0 Å². The Morgan fingerprint density at radius 1 is 1.38 bits per heavy atom. The van der Waals surface area contributed by atoms with Crippen LogP contribution >= 0.6 is 28.3 Å². The smallest absolute Gasteiger partial charge is 0.119 e. The summed E-state index contributed by atoms with van der Waals surface area (Å²) in [6, 6.07) is 7.62. The molecule has 1 fully saturated rings. The van der Waals surface area contributed by atoms with Crippen LogP contribution in [0.15, 0.2) is 28.7 Å². The first-order valence-corrected chi connectivity index (χ1v) is 7.66. The number of hydrogen-bond donors (Lipinski definition) is 1. The fourth-order valence-corrected chi connectivity index (χ4v) is 2.52. The molecule has 1 aromatic rings. The number of rotatable bonds is 5. The van der Waals surface area contributed by atoms with Crippen molar-refractivity contribution in [3.63, 3.8) is 0 Å². The van der Waals surface area contributed by atoms with E-state index in [9.17, 15) is 5.11 Å². The Labute approximate surface area is 141 Å². The molecule has 1 saturated heterocycles. The highest BCUT2D eigenvalue weighted by Crippen LogP contribution is 2.20. The number of halogens is 2. The first-order valence-electron chi connectivity index (χ1n) is 6.86. The fourth-order valence-electron chi connectivity index (χ4n) is 2.26. The van der Waals surface area contributed by atoms with E-state index in [0.29, 0.717) is 19.8 Å².